The molecule has 0 aliphatic carbocycles. The number of anilines is 2. The molecule has 0 atom stereocenters. The Kier molecular flexibility index (Phi) is 14.9. The van der Waals surface area contributed by atoms with Gasteiger partial charge in [-0.25, -0.2) is 4.98 Å². The Morgan fingerprint density at radius 3 is 1.72 bits per heavy atom. The van der Waals surface area contributed by atoms with Crippen LogP contribution >= 0.6 is 0 Å². The molecule has 2 aromatic heterocycles. The predicted octanol–water partition coefficient (Wildman–Crippen LogP) is 18.7. The Labute approximate surface area is 458 Å². The van der Waals surface area contributed by atoms with Crippen LogP contribution in [0.3, 0.4) is 0 Å². The number of ether oxygens (including phenoxy) is 1. The number of benzene rings is 6. The molecule has 9 rings (SSSR count). The van der Waals surface area contributed by atoms with Gasteiger partial charge in [0.1, 0.15) is 5.82 Å². The molecular formula is C68H77N4OPt-3. The number of fused-ring (bicyclic) bond motifs is 3. The van der Waals surface area contributed by atoms with Crippen LogP contribution < -0.4 is 14.5 Å². The molecule has 3 heterocycles. The van der Waals surface area contributed by atoms with Crippen LogP contribution in [-0.2, 0) is 42.7 Å². The van der Waals surface area contributed by atoms with Crippen LogP contribution in [0.1, 0.15) is 180 Å². The molecular weight excluding hydrogens is 1080 g/mol. The molecule has 74 heavy (non-hydrogen) atoms. The van der Waals surface area contributed by atoms with Crippen LogP contribution in [0.25, 0.3) is 38.8 Å². The van der Waals surface area contributed by atoms with E-state index in [0.717, 1.165) is 44.6 Å². The minimum atomic E-state index is -0.253. The van der Waals surface area contributed by atoms with E-state index in [9.17, 15) is 0 Å². The van der Waals surface area contributed by atoms with Gasteiger partial charge in [0.25, 0.3) is 0 Å². The van der Waals surface area contributed by atoms with Crippen molar-refractivity contribution in [2.75, 3.05) is 9.80 Å². The Balaban J connectivity index is 0.00000729. The third-order valence-electron chi connectivity index (χ3n) is 15.0. The monoisotopic (exact) mass is 1160 g/mol. The quantitative estimate of drug-likeness (QED) is 0.121. The zero-order valence-electron chi connectivity index (χ0n) is 47.0. The van der Waals surface area contributed by atoms with Crippen molar-refractivity contribution >= 4 is 33.2 Å². The van der Waals surface area contributed by atoms with E-state index >= 15 is 0 Å². The fraction of sp³-hybridized carbons (Fsp3) is 0.353. The second kappa shape index (κ2) is 20.3. The Morgan fingerprint density at radius 2 is 1.12 bits per heavy atom. The van der Waals surface area contributed by atoms with Gasteiger partial charge >= 0.3 is 0 Å². The minimum Gasteiger partial charge on any atom is -0.509 e. The summed E-state index contributed by atoms with van der Waals surface area (Å²) >= 11 is 0. The molecule has 1 aliphatic heterocycles. The van der Waals surface area contributed by atoms with E-state index in [1.165, 1.54) is 50.1 Å². The zero-order valence-corrected chi connectivity index (χ0v) is 49.3. The maximum atomic E-state index is 6.95. The number of pyridine rings is 1. The van der Waals surface area contributed by atoms with Gasteiger partial charge in [0.2, 0.25) is 0 Å². The largest absolute Gasteiger partial charge is 0.509 e. The van der Waals surface area contributed by atoms with Gasteiger partial charge in [-0.1, -0.05) is 184 Å². The number of hydrogen-bond acceptors (Lipinski definition) is 4. The van der Waals surface area contributed by atoms with Gasteiger partial charge in [-0.05, 0) is 132 Å². The number of hydrogen-bond donors (Lipinski definition) is 0. The van der Waals surface area contributed by atoms with Gasteiger partial charge in [-0.15, -0.1) is 53.6 Å². The van der Waals surface area contributed by atoms with Crippen molar-refractivity contribution in [2.24, 2.45) is 0 Å². The number of nitrogens with zero attached hydrogens (tertiary/aromatic N) is 4. The normalized spacial score (nSPS) is 13.6. The first-order valence-electron chi connectivity index (χ1n) is 26.5. The van der Waals surface area contributed by atoms with E-state index in [-0.39, 0.29) is 42.7 Å². The first-order valence-corrected chi connectivity index (χ1v) is 26.5. The van der Waals surface area contributed by atoms with Crippen LogP contribution in [0.2, 0.25) is 0 Å². The van der Waals surface area contributed by atoms with Crippen molar-refractivity contribution < 1.29 is 25.8 Å². The van der Waals surface area contributed by atoms with Gasteiger partial charge in [-0.3, -0.25) is 0 Å². The molecule has 0 fully saturated rings. The molecule has 0 spiro atoms. The molecule has 388 valence electrons. The first kappa shape index (κ1) is 54.4. The predicted molar refractivity (Wildman–Crippen MR) is 310 cm³/mol. The standard InChI is InChI=1S/C68H77N4O.Pt/c1-43(2)47-31-59(44(3)4)64(60(32-47)45(5)6)46-27-28-69-63(33-46)72-61-39-49(68(16,17)48-21-19-18-20-22-48)23-25-57(61)58-26-24-55(41-62(58)72)73-56-38-52(67(13,14)15)37-54(40-56)71-30-29-70(42-71)53-35-50(65(7,8)9)34-51(36-53)66(10,11)12;/h18-39,42-45H,1-17H3;/q-3;. The van der Waals surface area contributed by atoms with E-state index in [1.807, 2.05) is 12.3 Å². The fourth-order valence-corrected chi connectivity index (χ4v) is 10.2. The molecule has 6 aromatic carbocycles. The molecule has 1 aliphatic rings. The van der Waals surface area contributed by atoms with Gasteiger partial charge < -0.3 is 19.1 Å². The maximum absolute atomic E-state index is 6.95. The summed E-state index contributed by atoms with van der Waals surface area (Å²) < 4.78 is 9.25. The maximum Gasteiger partial charge on any atom is 0.136 e. The van der Waals surface area contributed by atoms with Crippen molar-refractivity contribution in [3.05, 3.63) is 197 Å². The average molecular weight is 1160 g/mol. The topological polar surface area (TPSA) is 33.5 Å². The van der Waals surface area contributed by atoms with Crippen LogP contribution in [0, 0.1) is 18.8 Å². The Hall–Kier alpha value is -5.90. The SMILES string of the molecule is CC(C)c1cc(C(C)C)c(-c2ccnc(-n3c4[c-]c(Oc5[c-]c(N6C=CN(c7cc(C(C)(C)C)cc(C(C)(C)C)c7)[CH-]6)cc(C(C)(C)C)c5)ccc4c4ccc(C(C)(C)c5ccccc5)cc43)c2)c(C(C)C)c1.[Pt]. The number of aromatic nitrogens is 2. The average Bonchev–Trinajstić information content (AvgIpc) is 3.96. The van der Waals surface area contributed by atoms with Gasteiger partial charge in [0.05, 0.1) is 0 Å². The summed E-state index contributed by atoms with van der Waals surface area (Å²) in [5.74, 6) is 3.18. The van der Waals surface area contributed by atoms with E-state index in [2.05, 4.69) is 272 Å². The summed E-state index contributed by atoms with van der Waals surface area (Å²) in [6.07, 6.45) is 6.23. The van der Waals surface area contributed by atoms with Crippen molar-refractivity contribution in [3.8, 4) is 28.4 Å². The number of rotatable bonds is 11. The van der Waals surface area contributed by atoms with Gasteiger partial charge in [-0.2, -0.15) is 6.07 Å². The van der Waals surface area contributed by atoms with E-state index in [4.69, 9.17) is 9.72 Å². The molecule has 0 bridgehead atoms. The second-order valence-corrected chi connectivity index (χ2v) is 25.1. The van der Waals surface area contributed by atoms with E-state index in [0.29, 0.717) is 29.3 Å². The third kappa shape index (κ3) is 10.8. The van der Waals surface area contributed by atoms with Crippen LogP contribution in [-0.4, -0.2) is 9.55 Å². The van der Waals surface area contributed by atoms with E-state index < -0.39 is 0 Å². The Bertz CT molecular complexity index is 3310. The molecule has 8 aromatic rings. The van der Waals surface area contributed by atoms with E-state index in [1.54, 1.807) is 0 Å². The van der Waals surface area contributed by atoms with Crippen LogP contribution in [0.15, 0.2) is 134 Å². The molecule has 0 saturated carbocycles. The van der Waals surface area contributed by atoms with Crippen molar-refractivity contribution in [2.45, 2.75) is 157 Å². The minimum absolute atomic E-state index is 0. The summed E-state index contributed by atoms with van der Waals surface area (Å²) in [7, 11) is 0. The summed E-state index contributed by atoms with van der Waals surface area (Å²) in [4.78, 5) is 9.56. The summed E-state index contributed by atoms with van der Waals surface area (Å²) in [5, 5.41) is 2.22. The molecule has 0 saturated heterocycles. The molecule has 5 nitrogen and oxygen atoms in total. The van der Waals surface area contributed by atoms with Crippen molar-refractivity contribution in [3.63, 3.8) is 0 Å². The second-order valence-electron chi connectivity index (χ2n) is 25.1. The first-order chi connectivity index (χ1) is 34.3. The van der Waals surface area contributed by atoms with Crippen LogP contribution in [0.4, 0.5) is 11.4 Å². The Morgan fingerprint density at radius 1 is 0.527 bits per heavy atom. The smallest absolute Gasteiger partial charge is 0.136 e. The molecule has 0 unspecified atom stereocenters. The fourth-order valence-electron chi connectivity index (χ4n) is 10.2. The zero-order chi connectivity index (χ0) is 52.5. The third-order valence-corrected chi connectivity index (χ3v) is 15.0. The van der Waals surface area contributed by atoms with Crippen molar-refractivity contribution in [1.82, 2.24) is 9.55 Å². The summed E-state index contributed by atoms with van der Waals surface area (Å²) in [5.41, 5.74) is 16.5. The molecule has 0 N–H and O–H groups in total. The summed E-state index contributed by atoms with van der Waals surface area (Å²) in [6.45, 7) is 41.1. The van der Waals surface area contributed by atoms with Crippen molar-refractivity contribution in [1.29, 1.82) is 0 Å². The van der Waals surface area contributed by atoms with Gasteiger partial charge in [0, 0.05) is 55.4 Å². The molecule has 0 amide bonds. The summed E-state index contributed by atoms with van der Waals surface area (Å²) in [6, 6.07) is 50.2. The van der Waals surface area contributed by atoms with Crippen LogP contribution in [0.5, 0.6) is 11.5 Å². The van der Waals surface area contributed by atoms with Gasteiger partial charge in [0.15, 0.2) is 0 Å². The molecule has 0 radical (unpaired) electrons. The molecule has 6 heteroatoms.